The Kier molecular flexibility index (Phi) is 5.22. The Hall–Kier alpha value is -0.610. The molecule has 0 spiro atoms. The minimum absolute atomic E-state index is 0.242. The normalized spacial score (nSPS) is 14.8. The van der Waals surface area contributed by atoms with E-state index in [1.165, 1.54) is 6.07 Å². The van der Waals surface area contributed by atoms with Gasteiger partial charge in [-0.2, -0.15) is 11.8 Å². The van der Waals surface area contributed by atoms with Crippen molar-refractivity contribution in [3.63, 3.8) is 0 Å². The summed E-state index contributed by atoms with van der Waals surface area (Å²) in [5, 5.41) is 0.538. The minimum atomic E-state index is -0.832. The van der Waals surface area contributed by atoms with Gasteiger partial charge >= 0.3 is 0 Å². The van der Waals surface area contributed by atoms with Crippen LogP contribution in [0.4, 0.5) is 8.78 Å². The van der Waals surface area contributed by atoms with Crippen molar-refractivity contribution >= 4 is 11.8 Å². The molecule has 0 aliphatic carbocycles. The van der Waals surface area contributed by atoms with Gasteiger partial charge in [0.2, 0.25) is 0 Å². The highest BCUT2D eigenvalue weighted by molar-refractivity contribution is 7.99. The van der Waals surface area contributed by atoms with Crippen LogP contribution in [0.15, 0.2) is 18.2 Å². The Bertz CT molecular complexity index is 344. The molecule has 1 rings (SSSR count). The van der Waals surface area contributed by atoms with Gasteiger partial charge in [-0.25, -0.2) is 8.78 Å². The lowest BCUT2D eigenvalue weighted by atomic mass is 10.1. The number of rotatable bonds is 5. The summed E-state index contributed by atoms with van der Waals surface area (Å²) in [4.78, 5) is 0. The molecule has 0 saturated heterocycles. The highest BCUT2D eigenvalue weighted by atomic mass is 32.2. The van der Waals surface area contributed by atoms with Gasteiger partial charge in [-0.05, 0) is 24.1 Å². The molecule has 0 fully saturated rings. The fourth-order valence-electron chi connectivity index (χ4n) is 1.23. The molecule has 0 aliphatic heterocycles. The second kappa shape index (κ2) is 6.21. The van der Waals surface area contributed by atoms with Crippen LogP contribution in [0.25, 0.3) is 0 Å². The fourth-order valence-corrected chi connectivity index (χ4v) is 2.19. The predicted octanol–water partition coefficient (Wildman–Crippen LogP) is 3.50. The molecule has 2 unspecified atom stereocenters. The lowest BCUT2D eigenvalue weighted by Gasteiger charge is -2.14. The topological polar surface area (TPSA) is 26.0 Å². The molecule has 2 N–H and O–H groups in total. The Morgan fingerprint density at radius 1 is 1.31 bits per heavy atom. The number of nitrogens with two attached hydrogens (primary N) is 1. The molecule has 1 nitrogen and oxygen atoms in total. The van der Waals surface area contributed by atoms with Crippen LogP contribution in [0.1, 0.15) is 31.9 Å². The van der Waals surface area contributed by atoms with E-state index in [2.05, 4.69) is 13.8 Å². The molecular weight excluding hydrogens is 228 g/mol. The van der Waals surface area contributed by atoms with Crippen molar-refractivity contribution in [1.29, 1.82) is 0 Å². The summed E-state index contributed by atoms with van der Waals surface area (Å²) in [5.74, 6) is -0.938. The fraction of sp³-hybridized carbons (Fsp3) is 0.500. The van der Waals surface area contributed by atoms with Crippen LogP contribution in [0, 0.1) is 11.6 Å². The summed E-state index contributed by atoms with van der Waals surface area (Å²) in [7, 11) is 0. The highest BCUT2D eigenvalue weighted by Gasteiger charge is 2.11. The molecule has 16 heavy (non-hydrogen) atoms. The highest BCUT2D eigenvalue weighted by Crippen LogP contribution is 2.22. The first kappa shape index (κ1) is 13.5. The molecule has 90 valence electrons. The largest absolute Gasteiger partial charge is 0.323 e. The van der Waals surface area contributed by atoms with Crippen molar-refractivity contribution in [1.82, 2.24) is 0 Å². The van der Waals surface area contributed by atoms with Crippen molar-refractivity contribution in [2.45, 2.75) is 31.6 Å². The quantitative estimate of drug-likeness (QED) is 0.859. The standard InChI is InChI=1S/C12H17F2NS/c1-3-8(2)16-7-12(15)9-4-5-10(13)11(14)6-9/h4-6,8,12H,3,7,15H2,1-2H3. The van der Waals surface area contributed by atoms with Crippen molar-refractivity contribution in [2.24, 2.45) is 5.73 Å². The van der Waals surface area contributed by atoms with E-state index in [-0.39, 0.29) is 6.04 Å². The first-order chi connectivity index (χ1) is 7.54. The second-order valence-electron chi connectivity index (χ2n) is 3.83. The molecule has 1 aromatic rings. The third-order valence-corrected chi connectivity index (χ3v) is 3.96. The lowest BCUT2D eigenvalue weighted by molar-refractivity contribution is 0.506. The number of thioether (sulfide) groups is 1. The molecule has 0 amide bonds. The van der Waals surface area contributed by atoms with Crippen molar-refractivity contribution < 1.29 is 8.78 Å². The van der Waals surface area contributed by atoms with Crippen LogP contribution in [0.2, 0.25) is 0 Å². The molecule has 0 saturated carbocycles. The zero-order chi connectivity index (χ0) is 12.1. The summed E-state index contributed by atoms with van der Waals surface area (Å²) in [6.07, 6.45) is 1.08. The van der Waals surface area contributed by atoms with Crippen LogP contribution in [-0.2, 0) is 0 Å². The van der Waals surface area contributed by atoms with Gasteiger partial charge < -0.3 is 5.73 Å². The molecule has 0 radical (unpaired) electrons. The molecule has 4 heteroatoms. The van der Waals surface area contributed by atoms with E-state index in [9.17, 15) is 8.78 Å². The average molecular weight is 245 g/mol. The number of benzene rings is 1. The molecule has 0 aliphatic rings. The summed E-state index contributed by atoms with van der Waals surface area (Å²) in [6.45, 7) is 4.24. The van der Waals surface area contributed by atoms with Gasteiger partial charge in [-0.15, -0.1) is 0 Å². The van der Waals surface area contributed by atoms with E-state index >= 15 is 0 Å². The molecular formula is C12H17F2NS. The minimum Gasteiger partial charge on any atom is -0.323 e. The summed E-state index contributed by atoms with van der Waals surface area (Å²) in [6, 6.07) is 3.60. The number of halogens is 2. The number of hydrogen-bond acceptors (Lipinski definition) is 2. The SMILES string of the molecule is CCC(C)SCC(N)c1ccc(F)c(F)c1. The van der Waals surface area contributed by atoms with Crippen LogP contribution in [0.3, 0.4) is 0 Å². The van der Waals surface area contributed by atoms with Crippen LogP contribution in [-0.4, -0.2) is 11.0 Å². The Labute approximate surface area is 99.4 Å². The maximum Gasteiger partial charge on any atom is 0.159 e. The number of hydrogen-bond donors (Lipinski definition) is 1. The smallest absolute Gasteiger partial charge is 0.159 e. The van der Waals surface area contributed by atoms with E-state index in [4.69, 9.17) is 5.73 Å². The summed E-state index contributed by atoms with van der Waals surface area (Å²) in [5.41, 5.74) is 6.55. The third kappa shape index (κ3) is 3.76. The summed E-state index contributed by atoms with van der Waals surface area (Å²) < 4.78 is 25.7. The van der Waals surface area contributed by atoms with Gasteiger partial charge in [0.15, 0.2) is 11.6 Å². The van der Waals surface area contributed by atoms with Crippen LogP contribution in [0.5, 0.6) is 0 Å². The van der Waals surface area contributed by atoms with Crippen molar-refractivity contribution in [3.8, 4) is 0 Å². The van der Waals surface area contributed by atoms with Crippen molar-refractivity contribution in [3.05, 3.63) is 35.4 Å². The first-order valence-electron chi connectivity index (χ1n) is 5.36. The first-order valence-corrected chi connectivity index (χ1v) is 6.41. The summed E-state index contributed by atoms with van der Waals surface area (Å²) >= 11 is 1.75. The monoisotopic (exact) mass is 245 g/mol. The van der Waals surface area contributed by atoms with Crippen molar-refractivity contribution in [2.75, 3.05) is 5.75 Å². The van der Waals surface area contributed by atoms with Gasteiger partial charge in [0.1, 0.15) is 0 Å². The van der Waals surface area contributed by atoms with E-state index < -0.39 is 11.6 Å². The van der Waals surface area contributed by atoms with Gasteiger partial charge in [0, 0.05) is 17.0 Å². The van der Waals surface area contributed by atoms with E-state index in [0.29, 0.717) is 10.8 Å². The lowest BCUT2D eigenvalue weighted by Crippen LogP contribution is -2.15. The van der Waals surface area contributed by atoms with Gasteiger partial charge in [0.05, 0.1) is 0 Å². The Morgan fingerprint density at radius 2 is 2.00 bits per heavy atom. The van der Waals surface area contributed by atoms with Gasteiger partial charge in [-0.1, -0.05) is 19.9 Å². The van der Waals surface area contributed by atoms with Gasteiger partial charge in [0.25, 0.3) is 0 Å². The molecule has 0 bridgehead atoms. The maximum atomic E-state index is 13.0. The van der Waals surface area contributed by atoms with Crippen LogP contribution >= 0.6 is 11.8 Å². The van der Waals surface area contributed by atoms with Gasteiger partial charge in [-0.3, -0.25) is 0 Å². The molecule has 0 heterocycles. The van der Waals surface area contributed by atoms with E-state index in [1.54, 1.807) is 17.8 Å². The molecule has 2 atom stereocenters. The van der Waals surface area contributed by atoms with E-state index in [0.717, 1.165) is 18.2 Å². The Morgan fingerprint density at radius 3 is 2.56 bits per heavy atom. The van der Waals surface area contributed by atoms with Crippen LogP contribution < -0.4 is 5.73 Å². The maximum absolute atomic E-state index is 13.0. The third-order valence-electron chi connectivity index (χ3n) is 2.51. The zero-order valence-corrected chi connectivity index (χ0v) is 10.4. The van der Waals surface area contributed by atoms with E-state index in [1.807, 2.05) is 0 Å². The zero-order valence-electron chi connectivity index (χ0n) is 9.54. The molecule has 0 aromatic heterocycles. The predicted molar refractivity (Wildman–Crippen MR) is 65.5 cm³/mol. The Balaban J connectivity index is 2.59. The second-order valence-corrected chi connectivity index (χ2v) is 5.30. The average Bonchev–Trinajstić information content (AvgIpc) is 2.29. The molecule has 1 aromatic carbocycles.